The van der Waals surface area contributed by atoms with Crippen LogP contribution in [0.25, 0.3) is 22.0 Å². The zero-order valence-electron chi connectivity index (χ0n) is 16.7. The molecule has 0 radical (unpaired) electrons. The van der Waals surface area contributed by atoms with Gasteiger partial charge in [-0.05, 0) is 53.3 Å². The van der Waals surface area contributed by atoms with Gasteiger partial charge in [0.1, 0.15) is 18.7 Å². The first-order valence-electron chi connectivity index (χ1n) is 9.76. The summed E-state index contributed by atoms with van der Waals surface area (Å²) in [6.45, 7) is -0.107. The van der Waals surface area contributed by atoms with E-state index < -0.39 is 5.97 Å². The molecule has 0 unspecified atom stereocenters. The molecule has 0 fully saturated rings. The van der Waals surface area contributed by atoms with Gasteiger partial charge in [0.25, 0.3) is 0 Å². The number of aryl methyl sites for hydroxylation is 2. The van der Waals surface area contributed by atoms with E-state index in [9.17, 15) is 4.79 Å². The van der Waals surface area contributed by atoms with E-state index in [0.29, 0.717) is 5.82 Å². The molecule has 0 bridgehead atoms. The monoisotopic (exact) mass is 398 g/mol. The van der Waals surface area contributed by atoms with Crippen LogP contribution < -0.4 is 4.90 Å². The molecular weight excluding hydrogens is 376 g/mol. The number of rotatable bonds is 7. The molecule has 0 saturated carbocycles. The van der Waals surface area contributed by atoms with E-state index in [0.717, 1.165) is 40.4 Å². The Bertz CT molecular complexity index is 1160. The van der Waals surface area contributed by atoms with Crippen LogP contribution in [0.1, 0.15) is 11.1 Å². The fourth-order valence-electron chi connectivity index (χ4n) is 3.50. The molecule has 0 amide bonds. The maximum Gasteiger partial charge on any atom is 0.323 e. The zero-order valence-corrected chi connectivity index (χ0v) is 16.7. The third kappa shape index (κ3) is 4.43. The molecule has 1 N–H and O–H groups in total. The van der Waals surface area contributed by atoms with Crippen LogP contribution in [0, 0.1) is 0 Å². The molecule has 6 nitrogen and oxygen atoms in total. The average Bonchev–Trinajstić information content (AvgIpc) is 2.77. The lowest BCUT2D eigenvalue weighted by atomic mass is 9.97. The standard InChI is InChI=1S/C24H22N4O2/c1-28(15-24(29)30)23-12-20(19-5-3-2-4-6-19)21-11-17(9-10-22(21)27-23)7-8-18-13-25-16-26-14-18/h2-6,9-14,16H,7-8,15H2,1H3,(H,29,30). The van der Waals surface area contributed by atoms with Gasteiger partial charge in [0.2, 0.25) is 0 Å². The Hall–Kier alpha value is -3.80. The highest BCUT2D eigenvalue weighted by Crippen LogP contribution is 2.32. The van der Waals surface area contributed by atoms with Gasteiger partial charge in [-0.3, -0.25) is 4.79 Å². The van der Waals surface area contributed by atoms with Gasteiger partial charge in [-0.15, -0.1) is 0 Å². The Morgan fingerprint density at radius 3 is 2.43 bits per heavy atom. The number of hydrogen-bond donors (Lipinski definition) is 1. The van der Waals surface area contributed by atoms with E-state index in [-0.39, 0.29) is 6.54 Å². The lowest BCUT2D eigenvalue weighted by molar-refractivity contribution is -0.135. The molecule has 0 atom stereocenters. The van der Waals surface area contributed by atoms with E-state index in [4.69, 9.17) is 10.1 Å². The summed E-state index contributed by atoms with van der Waals surface area (Å²) in [6.07, 6.45) is 6.96. The van der Waals surface area contributed by atoms with Gasteiger partial charge in [-0.2, -0.15) is 0 Å². The summed E-state index contributed by atoms with van der Waals surface area (Å²) in [6, 6.07) is 18.3. The second kappa shape index (κ2) is 8.69. The van der Waals surface area contributed by atoms with Crippen molar-refractivity contribution in [2.24, 2.45) is 0 Å². The molecule has 0 aliphatic carbocycles. The number of carbonyl (C=O) groups is 1. The highest BCUT2D eigenvalue weighted by molar-refractivity contribution is 5.96. The molecule has 6 heteroatoms. The number of pyridine rings is 1. The van der Waals surface area contributed by atoms with E-state index in [1.54, 1.807) is 11.9 Å². The van der Waals surface area contributed by atoms with E-state index in [2.05, 4.69) is 34.2 Å². The molecule has 4 aromatic rings. The lowest BCUT2D eigenvalue weighted by Crippen LogP contribution is -2.26. The van der Waals surface area contributed by atoms with Gasteiger partial charge in [0.05, 0.1) is 5.52 Å². The van der Waals surface area contributed by atoms with Gasteiger partial charge in [0.15, 0.2) is 0 Å². The minimum atomic E-state index is -0.888. The summed E-state index contributed by atoms with van der Waals surface area (Å²) < 4.78 is 0. The van der Waals surface area contributed by atoms with E-state index in [1.807, 2.05) is 42.7 Å². The van der Waals surface area contributed by atoms with Crippen LogP contribution in [-0.4, -0.2) is 39.6 Å². The Labute approximate surface area is 174 Å². The Morgan fingerprint density at radius 2 is 1.70 bits per heavy atom. The summed E-state index contributed by atoms with van der Waals surface area (Å²) in [7, 11) is 1.74. The van der Waals surface area contributed by atoms with Crippen molar-refractivity contribution in [3.8, 4) is 11.1 Å². The van der Waals surface area contributed by atoms with Gasteiger partial charge in [0, 0.05) is 24.8 Å². The molecule has 2 heterocycles. The third-order valence-corrected chi connectivity index (χ3v) is 5.02. The molecule has 150 valence electrons. The predicted octanol–water partition coefficient (Wildman–Crippen LogP) is 4.00. The SMILES string of the molecule is CN(CC(=O)O)c1cc(-c2ccccc2)c2cc(CCc3cncnc3)ccc2n1. The van der Waals surface area contributed by atoms with Gasteiger partial charge >= 0.3 is 5.97 Å². The fraction of sp³-hybridized carbons (Fsp3) is 0.167. The van der Waals surface area contributed by atoms with Crippen molar-refractivity contribution in [1.82, 2.24) is 15.0 Å². The smallest absolute Gasteiger partial charge is 0.323 e. The number of aliphatic carboxylic acids is 1. The fourth-order valence-corrected chi connectivity index (χ4v) is 3.50. The molecule has 0 saturated heterocycles. The van der Waals surface area contributed by atoms with Crippen LogP contribution in [0.5, 0.6) is 0 Å². The summed E-state index contributed by atoms with van der Waals surface area (Å²) in [5.74, 6) is -0.251. The maximum absolute atomic E-state index is 11.2. The van der Waals surface area contributed by atoms with Crippen molar-refractivity contribution < 1.29 is 9.90 Å². The number of hydrogen-bond acceptors (Lipinski definition) is 5. The second-order valence-electron chi connectivity index (χ2n) is 7.24. The van der Waals surface area contributed by atoms with Gasteiger partial charge in [-0.1, -0.05) is 36.4 Å². The first-order chi connectivity index (χ1) is 14.6. The highest BCUT2D eigenvalue weighted by atomic mass is 16.4. The van der Waals surface area contributed by atoms with Crippen molar-refractivity contribution >= 4 is 22.7 Å². The maximum atomic E-state index is 11.2. The van der Waals surface area contributed by atoms with Gasteiger partial charge < -0.3 is 10.0 Å². The molecule has 2 aromatic carbocycles. The minimum absolute atomic E-state index is 0.107. The van der Waals surface area contributed by atoms with Crippen molar-refractivity contribution in [2.45, 2.75) is 12.8 Å². The van der Waals surface area contributed by atoms with Crippen LogP contribution in [0.3, 0.4) is 0 Å². The average molecular weight is 398 g/mol. The van der Waals surface area contributed by atoms with Gasteiger partial charge in [-0.25, -0.2) is 15.0 Å². The molecule has 30 heavy (non-hydrogen) atoms. The number of fused-ring (bicyclic) bond motifs is 1. The summed E-state index contributed by atoms with van der Waals surface area (Å²) in [4.78, 5) is 25.7. The van der Waals surface area contributed by atoms with Crippen LogP contribution in [0.4, 0.5) is 5.82 Å². The Kier molecular flexibility index (Phi) is 5.66. The van der Waals surface area contributed by atoms with Crippen LogP contribution >= 0.6 is 0 Å². The number of likely N-dealkylation sites (N-methyl/N-ethyl adjacent to an activating group) is 1. The van der Waals surface area contributed by atoms with Crippen LogP contribution in [-0.2, 0) is 17.6 Å². The van der Waals surface area contributed by atoms with Crippen molar-refractivity contribution in [3.05, 3.63) is 84.4 Å². The lowest BCUT2D eigenvalue weighted by Gasteiger charge is -2.18. The summed E-state index contributed by atoms with van der Waals surface area (Å²) >= 11 is 0. The van der Waals surface area contributed by atoms with Crippen molar-refractivity contribution in [1.29, 1.82) is 0 Å². The van der Waals surface area contributed by atoms with Crippen LogP contribution in [0.15, 0.2) is 73.3 Å². The van der Waals surface area contributed by atoms with E-state index in [1.165, 1.54) is 11.9 Å². The first kappa shape index (κ1) is 19.5. The molecule has 0 aliphatic rings. The normalized spacial score (nSPS) is 10.8. The molecule has 2 aromatic heterocycles. The molecule has 0 aliphatic heterocycles. The quantitative estimate of drug-likeness (QED) is 0.507. The summed E-state index contributed by atoms with van der Waals surface area (Å²) in [5.41, 5.74) is 5.26. The molecule has 0 spiro atoms. The minimum Gasteiger partial charge on any atom is -0.480 e. The predicted molar refractivity (Wildman–Crippen MR) is 118 cm³/mol. The number of carboxylic acid groups (broad SMARTS) is 1. The van der Waals surface area contributed by atoms with Crippen molar-refractivity contribution in [3.63, 3.8) is 0 Å². The van der Waals surface area contributed by atoms with Crippen LogP contribution in [0.2, 0.25) is 0 Å². The number of benzene rings is 2. The van der Waals surface area contributed by atoms with E-state index >= 15 is 0 Å². The number of nitrogens with zero attached hydrogens (tertiary/aromatic N) is 4. The first-order valence-corrected chi connectivity index (χ1v) is 9.76. The molecule has 4 rings (SSSR count). The zero-order chi connectivity index (χ0) is 20.9. The number of carboxylic acids is 1. The van der Waals surface area contributed by atoms with Crippen molar-refractivity contribution in [2.75, 3.05) is 18.5 Å². The highest BCUT2D eigenvalue weighted by Gasteiger charge is 2.13. The Morgan fingerprint density at radius 1 is 0.967 bits per heavy atom. The Balaban J connectivity index is 1.75. The number of aromatic nitrogens is 3. The summed E-state index contributed by atoms with van der Waals surface area (Å²) in [5, 5.41) is 10.2. The molecular formula is C24H22N4O2. The largest absolute Gasteiger partial charge is 0.480 e. The third-order valence-electron chi connectivity index (χ3n) is 5.02. The second-order valence-corrected chi connectivity index (χ2v) is 7.24. The topological polar surface area (TPSA) is 79.2 Å². The number of anilines is 1.